The van der Waals surface area contributed by atoms with Crippen molar-refractivity contribution >= 4 is 5.78 Å². The van der Waals surface area contributed by atoms with Crippen LogP contribution in [0.4, 0.5) is 0 Å². The van der Waals surface area contributed by atoms with Crippen molar-refractivity contribution in [3.05, 3.63) is 0 Å². The van der Waals surface area contributed by atoms with Crippen LogP contribution in [0.5, 0.6) is 0 Å². The molecule has 2 atom stereocenters. The van der Waals surface area contributed by atoms with Gasteiger partial charge in [-0.15, -0.1) is 0 Å². The standard InChI is InChI=1S/C8H16O3/c1-4-5-7(10)8(3,11)6(2)9/h7,10-11H,4-5H2,1-3H3. The summed E-state index contributed by atoms with van der Waals surface area (Å²) in [6.07, 6.45) is 0.266. The van der Waals surface area contributed by atoms with Crippen LogP contribution in [0.15, 0.2) is 0 Å². The molecule has 0 aliphatic heterocycles. The molecule has 3 nitrogen and oxygen atoms in total. The van der Waals surface area contributed by atoms with Gasteiger partial charge in [0.15, 0.2) is 5.78 Å². The van der Waals surface area contributed by atoms with Crippen LogP contribution in [-0.2, 0) is 4.79 Å². The first kappa shape index (κ1) is 10.6. The highest BCUT2D eigenvalue weighted by Gasteiger charge is 2.34. The SMILES string of the molecule is CCCC(O)C(C)(O)C(C)=O. The number of ketones is 1. The molecule has 66 valence electrons. The van der Waals surface area contributed by atoms with E-state index >= 15 is 0 Å². The topological polar surface area (TPSA) is 57.5 Å². The van der Waals surface area contributed by atoms with Gasteiger partial charge in [-0.1, -0.05) is 13.3 Å². The summed E-state index contributed by atoms with van der Waals surface area (Å²) in [4.78, 5) is 10.8. The second kappa shape index (κ2) is 3.83. The maximum atomic E-state index is 10.8. The summed E-state index contributed by atoms with van der Waals surface area (Å²) in [6, 6.07) is 0. The van der Waals surface area contributed by atoms with Gasteiger partial charge in [0.05, 0.1) is 6.10 Å². The smallest absolute Gasteiger partial charge is 0.163 e. The molecule has 0 fully saturated rings. The zero-order valence-electron chi connectivity index (χ0n) is 7.29. The zero-order valence-corrected chi connectivity index (χ0v) is 7.29. The van der Waals surface area contributed by atoms with Crippen molar-refractivity contribution in [1.29, 1.82) is 0 Å². The summed E-state index contributed by atoms with van der Waals surface area (Å²) in [5.74, 6) is -0.390. The van der Waals surface area contributed by atoms with Gasteiger partial charge in [-0.05, 0) is 20.3 Å². The molecule has 0 bridgehead atoms. The Kier molecular flexibility index (Phi) is 3.69. The van der Waals surface area contributed by atoms with Crippen molar-refractivity contribution in [2.45, 2.75) is 45.3 Å². The Labute approximate surface area is 67.0 Å². The highest BCUT2D eigenvalue weighted by molar-refractivity contribution is 5.84. The van der Waals surface area contributed by atoms with Gasteiger partial charge in [0.1, 0.15) is 5.60 Å². The van der Waals surface area contributed by atoms with Crippen LogP contribution in [0.25, 0.3) is 0 Å². The molecule has 0 spiro atoms. The Morgan fingerprint density at radius 2 is 2.09 bits per heavy atom. The Hall–Kier alpha value is -0.410. The number of Topliss-reactive ketones (excluding diaryl/α,β-unsaturated/α-hetero) is 1. The lowest BCUT2D eigenvalue weighted by atomic mass is 9.92. The third-order valence-corrected chi connectivity index (χ3v) is 1.92. The number of rotatable bonds is 4. The quantitative estimate of drug-likeness (QED) is 0.629. The minimum Gasteiger partial charge on any atom is -0.390 e. The first-order valence-corrected chi connectivity index (χ1v) is 3.84. The monoisotopic (exact) mass is 160 g/mol. The second-order valence-corrected chi connectivity index (χ2v) is 3.01. The molecule has 2 unspecified atom stereocenters. The lowest BCUT2D eigenvalue weighted by molar-refractivity contribution is -0.145. The fraction of sp³-hybridized carbons (Fsp3) is 0.875. The Morgan fingerprint density at radius 1 is 1.64 bits per heavy atom. The number of aliphatic hydroxyl groups excluding tert-OH is 1. The first-order chi connectivity index (χ1) is 4.92. The van der Waals surface area contributed by atoms with Gasteiger partial charge < -0.3 is 10.2 Å². The molecule has 3 heteroatoms. The fourth-order valence-electron chi connectivity index (χ4n) is 0.789. The highest BCUT2D eigenvalue weighted by atomic mass is 16.3. The molecule has 0 aromatic carbocycles. The average Bonchev–Trinajstić information content (AvgIpc) is 1.88. The molecule has 0 saturated heterocycles. The van der Waals surface area contributed by atoms with E-state index in [1.54, 1.807) is 0 Å². The number of carbonyl (C=O) groups excluding carboxylic acids is 1. The number of hydrogen-bond acceptors (Lipinski definition) is 3. The molecule has 0 aromatic rings. The molecule has 0 radical (unpaired) electrons. The van der Waals surface area contributed by atoms with Crippen molar-refractivity contribution in [3.63, 3.8) is 0 Å². The lowest BCUT2D eigenvalue weighted by Crippen LogP contribution is -2.45. The van der Waals surface area contributed by atoms with Gasteiger partial charge in [-0.25, -0.2) is 0 Å². The van der Waals surface area contributed by atoms with E-state index in [2.05, 4.69) is 0 Å². The van der Waals surface area contributed by atoms with Crippen LogP contribution in [0, 0.1) is 0 Å². The van der Waals surface area contributed by atoms with E-state index < -0.39 is 17.5 Å². The minimum absolute atomic E-state index is 0.390. The molecule has 0 saturated carbocycles. The molecule has 11 heavy (non-hydrogen) atoms. The Bertz CT molecular complexity index is 140. The molecule has 2 N–H and O–H groups in total. The largest absolute Gasteiger partial charge is 0.390 e. The summed E-state index contributed by atoms with van der Waals surface area (Å²) in [5.41, 5.74) is -1.57. The van der Waals surface area contributed by atoms with Crippen molar-refractivity contribution in [3.8, 4) is 0 Å². The van der Waals surface area contributed by atoms with Gasteiger partial charge in [-0.3, -0.25) is 4.79 Å². The third-order valence-electron chi connectivity index (χ3n) is 1.92. The lowest BCUT2D eigenvalue weighted by Gasteiger charge is -2.25. The first-order valence-electron chi connectivity index (χ1n) is 3.84. The molecule has 0 amide bonds. The third kappa shape index (κ3) is 2.60. The summed E-state index contributed by atoms with van der Waals surface area (Å²) >= 11 is 0. The van der Waals surface area contributed by atoms with E-state index in [-0.39, 0.29) is 0 Å². The van der Waals surface area contributed by atoms with Crippen LogP contribution < -0.4 is 0 Å². The Balaban J connectivity index is 4.17. The summed E-state index contributed by atoms with van der Waals surface area (Å²) in [5, 5.41) is 18.7. The van der Waals surface area contributed by atoms with Gasteiger partial charge >= 0.3 is 0 Å². The maximum absolute atomic E-state index is 10.8. The number of carbonyl (C=O) groups is 1. The minimum atomic E-state index is -1.57. The van der Waals surface area contributed by atoms with E-state index in [4.69, 9.17) is 0 Å². The van der Waals surface area contributed by atoms with Gasteiger partial charge in [0, 0.05) is 0 Å². The normalized spacial score (nSPS) is 19.0. The molecule has 0 aliphatic rings. The van der Waals surface area contributed by atoms with Crippen LogP contribution in [-0.4, -0.2) is 27.7 Å². The maximum Gasteiger partial charge on any atom is 0.163 e. The van der Waals surface area contributed by atoms with Crippen molar-refractivity contribution in [2.75, 3.05) is 0 Å². The predicted molar refractivity (Wildman–Crippen MR) is 42.2 cm³/mol. The van der Waals surface area contributed by atoms with Gasteiger partial charge in [-0.2, -0.15) is 0 Å². The highest BCUT2D eigenvalue weighted by Crippen LogP contribution is 2.15. The van der Waals surface area contributed by atoms with Crippen molar-refractivity contribution < 1.29 is 15.0 Å². The van der Waals surface area contributed by atoms with E-state index in [1.807, 2.05) is 6.92 Å². The molecular formula is C8H16O3. The molecular weight excluding hydrogens is 144 g/mol. The fourth-order valence-corrected chi connectivity index (χ4v) is 0.789. The summed E-state index contributed by atoms with van der Waals surface area (Å²) in [7, 11) is 0. The van der Waals surface area contributed by atoms with Gasteiger partial charge in [0.2, 0.25) is 0 Å². The Morgan fingerprint density at radius 3 is 2.36 bits per heavy atom. The zero-order chi connectivity index (χ0) is 9.07. The number of hydrogen-bond donors (Lipinski definition) is 2. The molecule has 0 heterocycles. The molecule has 0 aromatic heterocycles. The molecule has 0 aliphatic carbocycles. The van der Waals surface area contributed by atoms with E-state index in [0.29, 0.717) is 6.42 Å². The van der Waals surface area contributed by atoms with Crippen LogP contribution in [0.1, 0.15) is 33.6 Å². The van der Waals surface area contributed by atoms with E-state index in [1.165, 1.54) is 13.8 Å². The van der Waals surface area contributed by atoms with Crippen LogP contribution >= 0.6 is 0 Å². The van der Waals surface area contributed by atoms with E-state index in [0.717, 1.165) is 6.42 Å². The number of aliphatic hydroxyl groups is 2. The average molecular weight is 160 g/mol. The van der Waals surface area contributed by atoms with Crippen LogP contribution in [0.2, 0.25) is 0 Å². The van der Waals surface area contributed by atoms with Crippen molar-refractivity contribution in [2.24, 2.45) is 0 Å². The molecule has 0 rings (SSSR count). The summed E-state index contributed by atoms with van der Waals surface area (Å²) < 4.78 is 0. The van der Waals surface area contributed by atoms with Crippen molar-refractivity contribution in [1.82, 2.24) is 0 Å². The predicted octanol–water partition coefficient (Wildman–Crippen LogP) is 0.487. The van der Waals surface area contributed by atoms with Gasteiger partial charge in [0.25, 0.3) is 0 Å². The van der Waals surface area contributed by atoms with E-state index in [9.17, 15) is 15.0 Å². The second-order valence-electron chi connectivity index (χ2n) is 3.01. The van der Waals surface area contributed by atoms with Crippen LogP contribution in [0.3, 0.4) is 0 Å². The summed E-state index contributed by atoms with van der Waals surface area (Å²) in [6.45, 7) is 4.51.